The fraction of sp³-hybridized carbons (Fsp3) is 0.172. The molecule has 0 aliphatic heterocycles. The summed E-state index contributed by atoms with van der Waals surface area (Å²) >= 11 is 7.57. The Hall–Kier alpha value is -4.01. The summed E-state index contributed by atoms with van der Waals surface area (Å²) in [6.07, 6.45) is 0. The molecule has 9 heteroatoms. The molecule has 0 aliphatic carbocycles. The van der Waals surface area contributed by atoms with Crippen molar-refractivity contribution in [1.29, 1.82) is 0 Å². The normalized spacial score (nSPS) is 11.7. The van der Waals surface area contributed by atoms with E-state index in [1.165, 1.54) is 11.3 Å². The number of thiazole rings is 1. The number of fused-ring (bicyclic) bond motifs is 2. The Bertz CT molecular complexity index is 1880. The van der Waals surface area contributed by atoms with Gasteiger partial charge < -0.3 is 4.57 Å². The average Bonchev–Trinajstić information content (AvgIpc) is 3.43. The number of pyridine rings is 2. The Morgan fingerprint density at radius 3 is 2.39 bits per heavy atom. The van der Waals surface area contributed by atoms with Crippen molar-refractivity contribution in [2.45, 2.75) is 32.9 Å². The van der Waals surface area contributed by atoms with Gasteiger partial charge in [0.05, 0.1) is 39.9 Å². The van der Waals surface area contributed by atoms with Gasteiger partial charge in [-0.3, -0.25) is 14.3 Å². The van der Waals surface area contributed by atoms with Crippen molar-refractivity contribution >= 4 is 44.1 Å². The molecule has 0 saturated heterocycles. The van der Waals surface area contributed by atoms with Crippen molar-refractivity contribution in [3.05, 3.63) is 122 Å². The third-order valence-electron chi connectivity index (χ3n) is 6.53. The SMILES string of the molecule is CC(C)c1c2c(=O)n(-c3nc4ccccc4s3)n(Cc3ccccc3)c2cc(=O)n1Cc1cccc(Cl)n1. The van der Waals surface area contributed by atoms with E-state index >= 15 is 0 Å². The number of nitrogens with zero attached hydrogens (tertiary/aromatic N) is 5. The van der Waals surface area contributed by atoms with Crippen LogP contribution in [-0.4, -0.2) is 23.9 Å². The molecule has 0 N–H and O–H groups in total. The number of rotatable bonds is 6. The Kier molecular flexibility index (Phi) is 6.21. The van der Waals surface area contributed by atoms with Crippen LogP contribution in [0.5, 0.6) is 0 Å². The minimum Gasteiger partial charge on any atom is -0.305 e. The second kappa shape index (κ2) is 9.70. The molecule has 2 aromatic carbocycles. The third-order valence-corrected chi connectivity index (χ3v) is 7.76. The van der Waals surface area contributed by atoms with E-state index in [9.17, 15) is 9.59 Å². The largest absolute Gasteiger partial charge is 0.305 e. The van der Waals surface area contributed by atoms with Crippen LogP contribution in [0.3, 0.4) is 0 Å². The Morgan fingerprint density at radius 1 is 0.895 bits per heavy atom. The van der Waals surface area contributed by atoms with Crippen molar-refractivity contribution in [3.63, 3.8) is 0 Å². The van der Waals surface area contributed by atoms with Gasteiger partial charge in [-0.15, -0.1) is 0 Å². The smallest absolute Gasteiger partial charge is 0.283 e. The average molecular weight is 542 g/mol. The highest BCUT2D eigenvalue weighted by molar-refractivity contribution is 7.20. The van der Waals surface area contributed by atoms with E-state index in [1.807, 2.05) is 79.2 Å². The molecule has 7 nitrogen and oxygen atoms in total. The van der Waals surface area contributed by atoms with E-state index in [0.29, 0.717) is 39.1 Å². The van der Waals surface area contributed by atoms with Crippen LogP contribution in [0.1, 0.15) is 36.7 Å². The maximum absolute atomic E-state index is 14.3. The van der Waals surface area contributed by atoms with Gasteiger partial charge in [-0.05, 0) is 35.7 Å². The molecule has 0 fully saturated rings. The van der Waals surface area contributed by atoms with Gasteiger partial charge in [-0.1, -0.05) is 85.3 Å². The molecule has 0 bridgehead atoms. The topological polar surface area (TPSA) is 74.7 Å². The lowest BCUT2D eigenvalue weighted by Gasteiger charge is -2.17. The summed E-state index contributed by atoms with van der Waals surface area (Å²) in [5, 5.41) is 1.43. The van der Waals surface area contributed by atoms with Gasteiger partial charge in [0.2, 0.25) is 5.13 Å². The molecule has 0 unspecified atom stereocenters. The molecule has 4 aromatic heterocycles. The lowest BCUT2D eigenvalue weighted by Crippen LogP contribution is -2.26. The minimum atomic E-state index is -0.203. The molecule has 0 amide bonds. The second-order valence-electron chi connectivity index (χ2n) is 9.44. The molecule has 0 spiro atoms. The van der Waals surface area contributed by atoms with E-state index in [2.05, 4.69) is 4.98 Å². The second-order valence-corrected chi connectivity index (χ2v) is 10.8. The zero-order valence-corrected chi connectivity index (χ0v) is 22.4. The molecule has 6 rings (SSSR count). The first-order chi connectivity index (χ1) is 18.4. The third kappa shape index (κ3) is 4.25. The van der Waals surface area contributed by atoms with E-state index in [0.717, 1.165) is 15.8 Å². The molecule has 0 radical (unpaired) electrons. The van der Waals surface area contributed by atoms with Crippen LogP contribution in [0.2, 0.25) is 5.15 Å². The first-order valence-electron chi connectivity index (χ1n) is 12.3. The van der Waals surface area contributed by atoms with Gasteiger partial charge >= 0.3 is 0 Å². The monoisotopic (exact) mass is 541 g/mol. The van der Waals surface area contributed by atoms with E-state index < -0.39 is 0 Å². The summed E-state index contributed by atoms with van der Waals surface area (Å²) in [5.41, 5.74) is 3.33. The van der Waals surface area contributed by atoms with Crippen LogP contribution in [0.25, 0.3) is 26.3 Å². The van der Waals surface area contributed by atoms with Gasteiger partial charge in [-0.25, -0.2) is 9.97 Å². The quantitative estimate of drug-likeness (QED) is 0.249. The number of halogens is 1. The minimum absolute atomic E-state index is 0.102. The van der Waals surface area contributed by atoms with Crippen molar-refractivity contribution in [3.8, 4) is 5.13 Å². The molecule has 190 valence electrons. The predicted molar refractivity (Wildman–Crippen MR) is 153 cm³/mol. The van der Waals surface area contributed by atoms with Crippen LogP contribution in [-0.2, 0) is 13.1 Å². The van der Waals surface area contributed by atoms with Crippen molar-refractivity contribution in [2.75, 3.05) is 0 Å². The van der Waals surface area contributed by atoms with E-state index in [4.69, 9.17) is 16.6 Å². The Labute approximate surface area is 227 Å². The van der Waals surface area contributed by atoms with Crippen LogP contribution < -0.4 is 11.1 Å². The molecule has 0 atom stereocenters. The number of aromatic nitrogens is 5. The summed E-state index contributed by atoms with van der Waals surface area (Å²) in [6.45, 7) is 4.61. The lowest BCUT2D eigenvalue weighted by atomic mass is 10.0. The van der Waals surface area contributed by atoms with Crippen LogP contribution >= 0.6 is 22.9 Å². The number of benzene rings is 2. The first-order valence-corrected chi connectivity index (χ1v) is 13.5. The van der Waals surface area contributed by atoms with Gasteiger partial charge in [-0.2, -0.15) is 4.68 Å². The van der Waals surface area contributed by atoms with Gasteiger partial charge in [0.15, 0.2) is 0 Å². The highest BCUT2D eigenvalue weighted by Crippen LogP contribution is 2.28. The standard InChI is InChI=1S/C29H24ClN5O2S/c1-18(2)27-26-22(15-25(36)33(27)17-20-11-8-14-24(30)31-20)34(16-19-9-4-3-5-10-19)35(28(26)37)29-32-21-12-6-7-13-23(21)38-29/h3-15,18H,16-17H2,1-2H3. The van der Waals surface area contributed by atoms with Crippen LogP contribution in [0.15, 0.2) is 88.5 Å². The highest BCUT2D eigenvalue weighted by atomic mass is 35.5. The zero-order valence-electron chi connectivity index (χ0n) is 20.8. The highest BCUT2D eigenvalue weighted by Gasteiger charge is 2.25. The lowest BCUT2D eigenvalue weighted by molar-refractivity contribution is 0.610. The fourth-order valence-corrected chi connectivity index (χ4v) is 6.07. The summed E-state index contributed by atoms with van der Waals surface area (Å²) < 4.78 is 6.12. The van der Waals surface area contributed by atoms with Gasteiger partial charge in [0, 0.05) is 11.8 Å². The molecule has 38 heavy (non-hydrogen) atoms. The molecule has 6 aromatic rings. The summed E-state index contributed by atoms with van der Waals surface area (Å²) in [5.74, 6) is -0.102. The molecular formula is C29H24ClN5O2S. The van der Waals surface area contributed by atoms with E-state index in [-0.39, 0.29) is 23.6 Å². The Balaban J connectivity index is 1.66. The van der Waals surface area contributed by atoms with Crippen molar-refractivity contribution in [2.24, 2.45) is 0 Å². The van der Waals surface area contributed by atoms with Gasteiger partial charge in [0.1, 0.15) is 5.15 Å². The van der Waals surface area contributed by atoms with Crippen molar-refractivity contribution < 1.29 is 0 Å². The number of para-hydroxylation sites is 1. The summed E-state index contributed by atoms with van der Waals surface area (Å²) in [6, 6.07) is 24.6. The zero-order chi connectivity index (χ0) is 26.4. The molecule has 0 saturated carbocycles. The fourth-order valence-electron chi connectivity index (χ4n) is 4.91. The van der Waals surface area contributed by atoms with Crippen molar-refractivity contribution in [1.82, 2.24) is 23.9 Å². The first kappa shape index (κ1) is 24.3. The number of hydrogen-bond acceptors (Lipinski definition) is 5. The maximum Gasteiger partial charge on any atom is 0.283 e. The Morgan fingerprint density at radius 2 is 1.66 bits per heavy atom. The summed E-state index contributed by atoms with van der Waals surface area (Å²) in [4.78, 5) is 37.0. The molecular weight excluding hydrogens is 518 g/mol. The summed E-state index contributed by atoms with van der Waals surface area (Å²) in [7, 11) is 0. The number of hydrogen-bond donors (Lipinski definition) is 0. The van der Waals surface area contributed by atoms with E-state index in [1.54, 1.807) is 27.4 Å². The van der Waals surface area contributed by atoms with Gasteiger partial charge in [0.25, 0.3) is 11.1 Å². The maximum atomic E-state index is 14.3. The van der Waals surface area contributed by atoms with Crippen LogP contribution in [0.4, 0.5) is 0 Å². The molecule has 4 heterocycles. The molecule has 0 aliphatic rings. The van der Waals surface area contributed by atoms with Crippen LogP contribution in [0, 0.1) is 0 Å². The predicted octanol–water partition coefficient (Wildman–Crippen LogP) is 5.83.